The molecular formula is C30H57AlO6-3. The van der Waals surface area contributed by atoms with E-state index in [1.54, 1.807) is 0 Å². The molecule has 0 saturated heterocycles. The Labute approximate surface area is 239 Å². The Hall–Kier alpha value is -1.06. The molecule has 37 heavy (non-hydrogen) atoms. The van der Waals surface area contributed by atoms with E-state index < -0.39 is 17.9 Å². The smallest absolute Gasteiger partial charge is 0.0414 e. The normalized spacial score (nSPS) is 9.81. The summed E-state index contributed by atoms with van der Waals surface area (Å²) in [6, 6.07) is 0. The standard InChI is InChI=1S/3C10H20O2.Al/c3*1-2-3-4-5-6-7-8-9-10(11)12;/h3*2-9H2,1H3,(H,11,12);/p-3. The van der Waals surface area contributed by atoms with Gasteiger partial charge in [-0.1, -0.05) is 136 Å². The van der Waals surface area contributed by atoms with E-state index in [0.29, 0.717) is 0 Å². The number of hydrogen-bond acceptors (Lipinski definition) is 6. The minimum atomic E-state index is -0.913. The van der Waals surface area contributed by atoms with Crippen LogP contribution < -0.4 is 15.3 Å². The molecule has 0 aromatic rings. The largest absolute Gasteiger partial charge is 0.550 e. The zero-order chi connectivity index (χ0) is 27.7. The van der Waals surface area contributed by atoms with E-state index in [2.05, 4.69) is 20.8 Å². The van der Waals surface area contributed by atoms with Crippen molar-refractivity contribution in [2.75, 3.05) is 0 Å². The van der Waals surface area contributed by atoms with Crippen LogP contribution in [0.2, 0.25) is 0 Å². The number of rotatable bonds is 24. The molecule has 0 fully saturated rings. The van der Waals surface area contributed by atoms with Crippen LogP contribution in [0.5, 0.6) is 0 Å². The van der Waals surface area contributed by atoms with Crippen LogP contribution in [0.15, 0.2) is 0 Å². The van der Waals surface area contributed by atoms with Crippen LogP contribution in [0.3, 0.4) is 0 Å². The van der Waals surface area contributed by atoms with Crippen molar-refractivity contribution in [1.82, 2.24) is 0 Å². The second kappa shape index (κ2) is 39.5. The summed E-state index contributed by atoms with van der Waals surface area (Å²) in [7, 11) is 0. The van der Waals surface area contributed by atoms with Crippen molar-refractivity contribution < 1.29 is 29.7 Å². The van der Waals surface area contributed by atoms with Crippen molar-refractivity contribution in [2.45, 2.75) is 175 Å². The van der Waals surface area contributed by atoms with Gasteiger partial charge in [0.2, 0.25) is 0 Å². The lowest BCUT2D eigenvalue weighted by atomic mass is 10.1. The molecule has 3 radical (unpaired) electrons. The van der Waals surface area contributed by atoms with Gasteiger partial charge in [0.05, 0.1) is 0 Å². The first-order valence-electron chi connectivity index (χ1n) is 14.9. The molecule has 0 rings (SSSR count). The molecule has 0 heterocycles. The van der Waals surface area contributed by atoms with Gasteiger partial charge in [0.1, 0.15) is 0 Å². The highest BCUT2D eigenvalue weighted by molar-refractivity contribution is 5.75. The molecule has 0 bridgehead atoms. The summed E-state index contributed by atoms with van der Waals surface area (Å²) < 4.78 is 0. The van der Waals surface area contributed by atoms with Crippen LogP contribution in [0, 0.1) is 0 Å². The first-order chi connectivity index (χ1) is 17.3. The van der Waals surface area contributed by atoms with Crippen LogP contribution in [-0.4, -0.2) is 35.3 Å². The van der Waals surface area contributed by atoms with Crippen LogP contribution in [0.4, 0.5) is 0 Å². The third-order valence-electron chi connectivity index (χ3n) is 5.95. The van der Waals surface area contributed by atoms with Crippen LogP contribution in [0.25, 0.3) is 0 Å². The zero-order valence-corrected chi connectivity index (χ0v) is 25.7. The Bertz CT molecular complexity index is 404. The minimum absolute atomic E-state index is 0. The molecule has 0 aromatic carbocycles. The van der Waals surface area contributed by atoms with E-state index in [4.69, 9.17) is 0 Å². The second-order valence-electron chi connectivity index (χ2n) is 9.73. The van der Waals surface area contributed by atoms with Gasteiger partial charge in [0, 0.05) is 35.3 Å². The SMILES string of the molecule is CCCCCCCCCC(=O)[O-].CCCCCCCCCC(=O)[O-].CCCCCCCCCC(=O)[O-].[Al]. The third-order valence-corrected chi connectivity index (χ3v) is 5.95. The molecule has 219 valence electrons. The lowest BCUT2D eigenvalue weighted by Gasteiger charge is -2.01. The topological polar surface area (TPSA) is 120 Å². The zero-order valence-electron chi connectivity index (χ0n) is 24.5. The van der Waals surface area contributed by atoms with Gasteiger partial charge in [-0.15, -0.1) is 0 Å². The quantitative estimate of drug-likeness (QED) is 0.122. The predicted molar refractivity (Wildman–Crippen MR) is 149 cm³/mol. The van der Waals surface area contributed by atoms with Crippen LogP contribution in [-0.2, 0) is 14.4 Å². The van der Waals surface area contributed by atoms with Crippen molar-refractivity contribution in [1.29, 1.82) is 0 Å². The van der Waals surface area contributed by atoms with Crippen molar-refractivity contribution >= 4 is 35.3 Å². The Morgan fingerprint density at radius 3 is 0.676 bits per heavy atom. The fourth-order valence-electron chi connectivity index (χ4n) is 3.68. The van der Waals surface area contributed by atoms with Gasteiger partial charge in [0.25, 0.3) is 0 Å². The van der Waals surface area contributed by atoms with Gasteiger partial charge >= 0.3 is 0 Å². The van der Waals surface area contributed by atoms with E-state index in [1.807, 2.05) is 0 Å². The summed E-state index contributed by atoms with van der Waals surface area (Å²) >= 11 is 0. The summed E-state index contributed by atoms with van der Waals surface area (Å²) in [5, 5.41) is 30.1. The van der Waals surface area contributed by atoms with E-state index in [0.717, 1.165) is 38.5 Å². The third kappa shape index (κ3) is 56.3. The molecule has 0 aliphatic rings. The molecule has 0 amide bonds. The molecule has 7 heteroatoms. The fraction of sp³-hybridized carbons (Fsp3) is 0.900. The molecule has 0 aliphatic carbocycles. The summed E-state index contributed by atoms with van der Waals surface area (Å²) in [6.07, 6.45) is 25.0. The highest BCUT2D eigenvalue weighted by Gasteiger charge is 1.92. The highest BCUT2D eigenvalue weighted by atomic mass is 27.0. The molecular weight excluding hydrogens is 483 g/mol. The predicted octanol–water partition coefficient (Wildman–Crippen LogP) is 5.25. The molecule has 0 spiro atoms. The van der Waals surface area contributed by atoms with E-state index in [-0.39, 0.29) is 36.6 Å². The molecule has 0 saturated carbocycles. The first kappa shape index (κ1) is 43.0. The number of carbonyl (C=O) groups excluding carboxylic acids is 3. The monoisotopic (exact) mass is 540 g/mol. The Balaban J connectivity index is -0.000000218. The van der Waals surface area contributed by atoms with Crippen LogP contribution >= 0.6 is 0 Å². The number of hydrogen-bond donors (Lipinski definition) is 0. The number of carboxylic acid groups (broad SMARTS) is 3. The van der Waals surface area contributed by atoms with Crippen molar-refractivity contribution in [3.63, 3.8) is 0 Å². The van der Waals surface area contributed by atoms with Gasteiger partial charge < -0.3 is 29.7 Å². The molecule has 0 aromatic heterocycles. The number of carboxylic acids is 3. The summed E-state index contributed by atoms with van der Waals surface area (Å²) in [5.74, 6) is -2.74. The van der Waals surface area contributed by atoms with Gasteiger partial charge in [-0.3, -0.25) is 0 Å². The summed E-state index contributed by atoms with van der Waals surface area (Å²) in [5.41, 5.74) is 0. The Morgan fingerprint density at radius 2 is 0.514 bits per heavy atom. The van der Waals surface area contributed by atoms with E-state index in [9.17, 15) is 29.7 Å². The number of aliphatic carboxylic acids is 3. The highest BCUT2D eigenvalue weighted by Crippen LogP contribution is 2.09. The summed E-state index contributed by atoms with van der Waals surface area (Å²) in [6.45, 7) is 6.57. The Morgan fingerprint density at radius 1 is 0.351 bits per heavy atom. The molecule has 0 atom stereocenters. The first-order valence-corrected chi connectivity index (χ1v) is 14.9. The lowest BCUT2D eigenvalue weighted by Crippen LogP contribution is -2.21. The molecule has 0 unspecified atom stereocenters. The molecule has 6 nitrogen and oxygen atoms in total. The maximum absolute atomic E-state index is 10.0. The average Bonchev–Trinajstić information content (AvgIpc) is 2.83. The number of unbranched alkanes of at least 4 members (excludes halogenated alkanes) is 18. The second-order valence-corrected chi connectivity index (χ2v) is 9.73. The number of carbonyl (C=O) groups is 3. The van der Waals surface area contributed by atoms with Gasteiger partial charge in [0.15, 0.2) is 0 Å². The fourth-order valence-corrected chi connectivity index (χ4v) is 3.68. The average molecular weight is 541 g/mol. The minimum Gasteiger partial charge on any atom is -0.550 e. The van der Waals surface area contributed by atoms with E-state index >= 15 is 0 Å². The summed E-state index contributed by atoms with van der Waals surface area (Å²) in [4.78, 5) is 30.1. The maximum Gasteiger partial charge on any atom is 0.0414 e. The van der Waals surface area contributed by atoms with Crippen LogP contribution in [0.1, 0.15) is 175 Å². The molecule has 0 N–H and O–H groups in total. The maximum atomic E-state index is 10.0. The van der Waals surface area contributed by atoms with Crippen molar-refractivity contribution in [2.24, 2.45) is 0 Å². The van der Waals surface area contributed by atoms with Crippen molar-refractivity contribution in [3.8, 4) is 0 Å². The van der Waals surface area contributed by atoms with Crippen molar-refractivity contribution in [3.05, 3.63) is 0 Å². The Kier molecular flexibility index (Phi) is 45.9. The van der Waals surface area contributed by atoms with Gasteiger partial charge in [-0.2, -0.15) is 0 Å². The van der Waals surface area contributed by atoms with Gasteiger partial charge in [-0.25, -0.2) is 0 Å². The van der Waals surface area contributed by atoms with E-state index in [1.165, 1.54) is 96.3 Å². The lowest BCUT2D eigenvalue weighted by molar-refractivity contribution is -0.307. The van der Waals surface area contributed by atoms with Gasteiger partial charge in [-0.05, 0) is 38.5 Å². The molecule has 0 aliphatic heterocycles.